The predicted octanol–water partition coefficient (Wildman–Crippen LogP) is 2.99. The van der Waals surface area contributed by atoms with Crippen molar-refractivity contribution in [2.45, 2.75) is 26.2 Å². The molecular formula is C32H41F3N10O4. The summed E-state index contributed by atoms with van der Waals surface area (Å²) in [5.41, 5.74) is 6.77. The summed E-state index contributed by atoms with van der Waals surface area (Å²) in [6.45, 7) is 5.58. The molecule has 0 aliphatic carbocycles. The molecule has 1 amide bonds. The van der Waals surface area contributed by atoms with Crippen molar-refractivity contribution in [1.82, 2.24) is 34.8 Å². The topological polar surface area (TPSA) is 160 Å². The fraction of sp³-hybridized carbons (Fsp3) is 0.469. The third kappa shape index (κ3) is 8.60. The molecule has 1 aliphatic heterocycles. The van der Waals surface area contributed by atoms with Gasteiger partial charge in [0.1, 0.15) is 18.0 Å². The van der Waals surface area contributed by atoms with E-state index in [9.17, 15) is 18.0 Å². The lowest BCUT2D eigenvalue weighted by Gasteiger charge is -2.18. The van der Waals surface area contributed by atoms with Gasteiger partial charge in [-0.1, -0.05) is 0 Å². The summed E-state index contributed by atoms with van der Waals surface area (Å²) in [6, 6.07) is 6.10. The number of pyridine rings is 1. The fourth-order valence-electron chi connectivity index (χ4n) is 5.54. The van der Waals surface area contributed by atoms with Gasteiger partial charge in [-0.25, -0.2) is 4.98 Å². The number of ether oxygens (including phenoxy) is 3. The average molecular weight is 687 g/mol. The first-order valence-corrected chi connectivity index (χ1v) is 15.9. The van der Waals surface area contributed by atoms with Crippen molar-refractivity contribution >= 4 is 17.5 Å². The monoisotopic (exact) mass is 686 g/mol. The Labute approximate surface area is 281 Å². The number of halogens is 3. The van der Waals surface area contributed by atoms with E-state index in [0.717, 1.165) is 6.07 Å². The molecule has 1 aromatic carbocycles. The van der Waals surface area contributed by atoms with Crippen LogP contribution in [0.5, 0.6) is 0 Å². The van der Waals surface area contributed by atoms with E-state index in [2.05, 4.69) is 30.9 Å². The standard InChI is InChI=1S/C32H41F3N10O4/c1-4-38-27-15-22(29-24(18-40-44(29)3)30-42-39-20-43(30)2)16-28(41-27)45-19-25-23(31(45)46)13-21(14-26(25)32(33,34)35)17-37-6-8-48-10-12-49-11-9-47-7-5-36/h13-16,18,20,37H,4-12,17,19,36H2,1-3H3,(H,38,41). The van der Waals surface area contributed by atoms with Crippen molar-refractivity contribution in [3.8, 4) is 22.6 Å². The molecule has 0 spiro atoms. The molecule has 0 saturated heterocycles. The van der Waals surface area contributed by atoms with E-state index in [0.29, 0.717) is 93.3 Å². The molecule has 3 aromatic heterocycles. The van der Waals surface area contributed by atoms with Gasteiger partial charge in [-0.3, -0.25) is 14.4 Å². The zero-order valence-corrected chi connectivity index (χ0v) is 27.7. The summed E-state index contributed by atoms with van der Waals surface area (Å²) in [4.78, 5) is 19.7. The molecule has 0 saturated carbocycles. The van der Waals surface area contributed by atoms with Gasteiger partial charge in [0.25, 0.3) is 5.91 Å². The van der Waals surface area contributed by atoms with Crippen molar-refractivity contribution in [2.24, 2.45) is 19.8 Å². The molecule has 4 heterocycles. The largest absolute Gasteiger partial charge is 0.416 e. The highest BCUT2D eigenvalue weighted by Crippen LogP contribution is 2.40. The summed E-state index contributed by atoms with van der Waals surface area (Å²) >= 11 is 0. The molecule has 0 unspecified atom stereocenters. The number of amides is 1. The van der Waals surface area contributed by atoms with Crippen molar-refractivity contribution in [3.63, 3.8) is 0 Å². The maximum absolute atomic E-state index is 14.4. The van der Waals surface area contributed by atoms with Gasteiger partial charge >= 0.3 is 6.18 Å². The van der Waals surface area contributed by atoms with E-state index in [1.807, 2.05) is 14.0 Å². The maximum atomic E-state index is 14.4. The Morgan fingerprint density at radius 2 is 1.71 bits per heavy atom. The van der Waals surface area contributed by atoms with E-state index in [4.69, 9.17) is 19.9 Å². The number of nitrogens with one attached hydrogen (secondary N) is 2. The van der Waals surface area contributed by atoms with E-state index < -0.39 is 17.6 Å². The number of carbonyl (C=O) groups is 1. The number of nitrogens with zero attached hydrogens (tertiary/aromatic N) is 7. The quantitative estimate of drug-likeness (QED) is 0.132. The van der Waals surface area contributed by atoms with Crippen LogP contribution in [0.15, 0.2) is 36.8 Å². The number of alkyl halides is 3. The van der Waals surface area contributed by atoms with Gasteiger partial charge in [0.05, 0.1) is 69.2 Å². The Morgan fingerprint density at radius 1 is 0.980 bits per heavy atom. The Morgan fingerprint density at radius 3 is 2.39 bits per heavy atom. The van der Waals surface area contributed by atoms with Crippen LogP contribution in [0.2, 0.25) is 0 Å². The van der Waals surface area contributed by atoms with Crippen molar-refractivity contribution in [2.75, 3.05) is 69.5 Å². The van der Waals surface area contributed by atoms with Crippen molar-refractivity contribution < 1.29 is 32.2 Å². The molecule has 1 aliphatic rings. The number of rotatable bonds is 18. The van der Waals surface area contributed by atoms with Gasteiger partial charge < -0.3 is 35.1 Å². The average Bonchev–Trinajstić information content (AvgIpc) is 3.76. The molecule has 0 radical (unpaired) electrons. The Hall–Kier alpha value is -4.42. The Balaban J connectivity index is 1.31. The van der Waals surface area contributed by atoms with Crippen LogP contribution in [0.4, 0.5) is 24.8 Å². The summed E-state index contributed by atoms with van der Waals surface area (Å²) in [7, 11) is 3.58. The van der Waals surface area contributed by atoms with Gasteiger partial charge in [0.15, 0.2) is 5.82 Å². The van der Waals surface area contributed by atoms with Crippen LogP contribution in [0.3, 0.4) is 0 Å². The van der Waals surface area contributed by atoms with Crippen LogP contribution < -0.4 is 21.3 Å². The number of carbonyl (C=O) groups excluding carboxylic acids is 1. The zero-order chi connectivity index (χ0) is 35.0. The number of aryl methyl sites for hydroxylation is 2. The minimum atomic E-state index is -4.67. The van der Waals surface area contributed by atoms with Crippen molar-refractivity contribution in [3.05, 3.63) is 59.0 Å². The first kappa shape index (κ1) is 35.9. The highest BCUT2D eigenvalue weighted by Gasteiger charge is 2.41. The van der Waals surface area contributed by atoms with Crippen LogP contribution in [0.1, 0.15) is 34.0 Å². The van der Waals surface area contributed by atoms with Crippen LogP contribution in [0, 0.1) is 0 Å². The van der Waals surface area contributed by atoms with E-state index >= 15 is 0 Å². The number of hydrogen-bond acceptors (Lipinski definition) is 11. The summed E-state index contributed by atoms with van der Waals surface area (Å²) in [6.07, 6.45) is -1.43. The lowest BCUT2D eigenvalue weighted by molar-refractivity contribution is -0.138. The maximum Gasteiger partial charge on any atom is 0.416 e. The second kappa shape index (κ2) is 16.3. The number of fused-ring (bicyclic) bond motifs is 1. The number of anilines is 2. The van der Waals surface area contributed by atoms with Gasteiger partial charge in [-0.05, 0) is 42.3 Å². The molecule has 14 nitrogen and oxygen atoms in total. The third-order valence-electron chi connectivity index (χ3n) is 7.78. The lowest BCUT2D eigenvalue weighted by Crippen LogP contribution is -2.24. The Kier molecular flexibility index (Phi) is 11.9. The molecule has 0 bridgehead atoms. The minimum absolute atomic E-state index is 0.00650. The number of benzene rings is 1. The van der Waals surface area contributed by atoms with Crippen LogP contribution in [-0.2, 0) is 47.6 Å². The molecule has 0 atom stereocenters. The van der Waals surface area contributed by atoms with Gasteiger partial charge in [0, 0.05) is 51.4 Å². The Bertz CT molecular complexity index is 1730. The molecule has 5 rings (SSSR count). The van der Waals surface area contributed by atoms with Gasteiger partial charge in [-0.15, -0.1) is 10.2 Å². The summed E-state index contributed by atoms with van der Waals surface area (Å²) in [5, 5.41) is 18.9. The second-order valence-electron chi connectivity index (χ2n) is 11.3. The van der Waals surface area contributed by atoms with E-state index in [1.165, 1.54) is 11.0 Å². The molecule has 17 heteroatoms. The summed E-state index contributed by atoms with van der Waals surface area (Å²) in [5.74, 6) is 0.671. The number of hydrogen-bond donors (Lipinski definition) is 3. The predicted molar refractivity (Wildman–Crippen MR) is 176 cm³/mol. The van der Waals surface area contributed by atoms with E-state index in [-0.39, 0.29) is 30.0 Å². The first-order chi connectivity index (χ1) is 23.6. The molecular weight excluding hydrogens is 645 g/mol. The lowest BCUT2D eigenvalue weighted by atomic mass is 9.99. The SMILES string of the molecule is CCNc1cc(-c2c(-c3nncn3C)cnn2C)cc(N2Cc3c(cc(CNCCOCCOCCOCCN)cc3C(F)(F)F)C2=O)n1. The smallest absolute Gasteiger partial charge is 0.378 e. The number of aromatic nitrogens is 6. The first-order valence-electron chi connectivity index (χ1n) is 15.9. The minimum Gasteiger partial charge on any atom is -0.378 e. The van der Waals surface area contributed by atoms with E-state index in [1.54, 1.807) is 41.0 Å². The fourth-order valence-corrected chi connectivity index (χ4v) is 5.54. The summed E-state index contributed by atoms with van der Waals surface area (Å²) < 4.78 is 62.7. The molecule has 49 heavy (non-hydrogen) atoms. The molecule has 264 valence electrons. The second-order valence-corrected chi connectivity index (χ2v) is 11.3. The highest BCUT2D eigenvalue weighted by molar-refractivity contribution is 6.10. The molecule has 0 fully saturated rings. The molecule has 4 aromatic rings. The zero-order valence-electron chi connectivity index (χ0n) is 27.7. The van der Waals surface area contributed by atoms with Crippen LogP contribution in [-0.4, -0.2) is 94.7 Å². The van der Waals surface area contributed by atoms with Crippen LogP contribution >= 0.6 is 0 Å². The van der Waals surface area contributed by atoms with Crippen molar-refractivity contribution in [1.29, 1.82) is 0 Å². The number of nitrogens with two attached hydrogens (primary N) is 1. The normalized spacial score (nSPS) is 13.0. The van der Waals surface area contributed by atoms with Gasteiger partial charge in [0.2, 0.25) is 0 Å². The molecule has 4 N–H and O–H groups in total. The third-order valence-corrected chi connectivity index (χ3v) is 7.78. The van der Waals surface area contributed by atoms with Crippen LogP contribution in [0.25, 0.3) is 22.6 Å². The van der Waals surface area contributed by atoms with Gasteiger partial charge in [-0.2, -0.15) is 18.3 Å². The highest BCUT2D eigenvalue weighted by atomic mass is 19.4.